The molecule has 0 fully saturated rings. The number of hydrogen-bond donors (Lipinski definition) is 1. The minimum atomic E-state index is -4.22. The van der Waals surface area contributed by atoms with Crippen LogP contribution < -0.4 is 9.73 Å². The lowest BCUT2D eigenvalue weighted by Crippen LogP contribution is -2.40. The van der Waals surface area contributed by atoms with Crippen molar-refractivity contribution in [3.63, 3.8) is 0 Å². The van der Waals surface area contributed by atoms with Crippen molar-refractivity contribution in [1.82, 2.24) is 9.99 Å². The summed E-state index contributed by atoms with van der Waals surface area (Å²) >= 11 is 0. The van der Waals surface area contributed by atoms with Gasteiger partial charge in [0.2, 0.25) is 0 Å². The Morgan fingerprint density at radius 1 is 0.974 bits per heavy atom. The fourth-order valence-corrected chi connectivity index (χ4v) is 5.81. The average Bonchev–Trinajstić information content (AvgIpc) is 3.16. The summed E-state index contributed by atoms with van der Waals surface area (Å²) in [4.78, 5) is 12.7. The molecule has 0 saturated carbocycles. The molecule has 0 aliphatic rings. The molecule has 0 aliphatic carbocycles. The van der Waals surface area contributed by atoms with Gasteiger partial charge in [-0.2, -0.15) is 5.10 Å². The molecule has 0 saturated heterocycles. The zero-order valence-corrected chi connectivity index (χ0v) is 22.5. The van der Waals surface area contributed by atoms with Crippen LogP contribution in [0.3, 0.4) is 0 Å². The summed E-state index contributed by atoms with van der Waals surface area (Å²) in [5, 5.41) is 4.06. The minimum Gasteiger partial charge on any atom is -0.318 e. The van der Waals surface area contributed by atoms with Crippen molar-refractivity contribution in [2.24, 2.45) is 5.10 Å². The van der Waals surface area contributed by atoms with Crippen molar-refractivity contribution in [3.05, 3.63) is 113 Å². The molecule has 196 valence electrons. The number of aryl methyl sites for hydroxylation is 3. The second kappa shape index (κ2) is 11.0. The summed E-state index contributed by atoms with van der Waals surface area (Å²) in [6.07, 6.45) is 1.51. The molecule has 1 amide bonds. The van der Waals surface area contributed by atoms with Crippen LogP contribution in [-0.4, -0.2) is 31.7 Å². The van der Waals surface area contributed by atoms with Crippen molar-refractivity contribution in [1.29, 1.82) is 0 Å². The first-order valence-corrected chi connectivity index (χ1v) is 13.4. The summed E-state index contributed by atoms with van der Waals surface area (Å²) in [7, 11) is -4.22. The topological polar surface area (TPSA) is 83.8 Å². The molecule has 7 nitrogen and oxygen atoms in total. The number of nitrogens with zero attached hydrogens (tertiary/aromatic N) is 3. The summed E-state index contributed by atoms with van der Waals surface area (Å²) in [5.41, 5.74) is 8.26. The van der Waals surface area contributed by atoms with Gasteiger partial charge in [0, 0.05) is 22.6 Å². The lowest BCUT2D eigenvalue weighted by atomic mass is 10.1. The third-order valence-corrected chi connectivity index (χ3v) is 7.97. The Morgan fingerprint density at radius 2 is 1.66 bits per heavy atom. The fraction of sp³-hybridized carbons (Fsp3) is 0.172. The highest BCUT2D eigenvalue weighted by Gasteiger charge is 2.29. The molecule has 1 N–H and O–H groups in total. The first-order valence-electron chi connectivity index (χ1n) is 12.0. The number of carbonyl (C=O) groups excluding carboxylic acids is 1. The number of aromatic nitrogens is 1. The van der Waals surface area contributed by atoms with E-state index in [1.807, 2.05) is 26.8 Å². The molecule has 0 radical (unpaired) electrons. The zero-order chi connectivity index (χ0) is 27.4. The molecule has 4 aromatic rings. The molecule has 0 aliphatic heterocycles. The van der Waals surface area contributed by atoms with Gasteiger partial charge < -0.3 is 4.57 Å². The monoisotopic (exact) mass is 532 g/mol. The average molecular weight is 533 g/mol. The molecular formula is C29H29FN4O3S. The number of hydrogen-bond acceptors (Lipinski definition) is 4. The van der Waals surface area contributed by atoms with Gasteiger partial charge in [0.05, 0.1) is 16.8 Å². The van der Waals surface area contributed by atoms with Crippen LogP contribution in [0.4, 0.5) is 10.1 Å². The quantitative estimate of drug-likeness (QED) is 0.250. The summed E-state index contributed by atoms with van der Waals surface area (Å²) in [5.74, 6) is -1.48. The summed E-state index contributed by atoms with van der Waals surface area (Å²) in [6, 6.07) is 21.2. The van der Waals surface area contributed by atoms with Gasteiger partial charge in [0.15, 0.2) is 0 Å². The van der Waals surface area contributed by atoms with Crippen LogP contribution in [0.15, 0.2) is 88.9 Å². The van der Waals surface area contributed by atoms with Crippen LogP contribution in [0.1, 0.15) is 28.1 Å². The second-order valence-electron chi connectivity index (χ2n) is 9.02. The first kappa shape index (κ1) is 26.8. The van der Waals surface area contributed by atoms with Crippen LogP contribution in [0.5, 0.6) is 0 Å². The number of anilines is 1. The lowest BCUT2D eigenvalue weighted by Gasteiger charge is -2.24. The molecule has 1 aromatic heterocycles. The predicted molar refractivity (Wildman–Crippen MR) is 148 cm³/mol. The number of benzene rings is 3. The van der Waals surface area contributed by atoms with E-state index in [1.165, 1.54) is 42.1 Å². The number of amides is 1. The molecule has 38 heavy (non-hydrogen) atoms. The van der Waals surface area contributed by atoms with E-state index in [9.17, 15) is 17.6 Å². The number of sulfonamides is 1. The first-order chi connectivity index (χ1) is 18.1. The smallest absolute Gasteiger partial charge is 0.264 e. The van der Waals surface area contributed by atoms with Gasteiger partial charge in [-0.15, -0.1) is 0 Å². The normalized spacial score (nSPS) is 11.6. The SMILES string of the molecule is Cc1ccc(-n2c(C)cc(/C=N\NC(=O)CN(c3ccccc3F)S(=O)(=O)c3ccccc3)c2C)c(C)c1. The molecule has 0 unspecified atom stereocenters. The Balaban J connectivity index is 1.56. The van der Waals surface area contributed by atoms with Gasteiger partial charge in [-0.05, 0) is 69.7 Å². The molecular weight excluding hydrogens is 503 g/mol. The zero-order valence-electron chi connectivity index (χ0n) is 21.6. The fourth-order valence-electron chi connectivity index (χ4n) is 4.36. The van der Waals surface area contributed by atoms with Crippen molar-refractivity contribution in [2.75, 3.05) is 10.8 Å². The number of halogens is 1. The van der Waals surface area contributed by atoms with Crippen molar-refractivity contribution in [2.45, 2.75) is 32.6 Å². The van der Waals surface area contributed by atoms with Crippen LogP contribution >= 0.6 is 0 Å². The summed E-state index contributed by atoms with van der Waals surface area (Å²) < 4.78 is 44.1. The van der Waals surface area contributed by atoms with E-state index in [0.717, 1.165) is 38.6 Å². The van der Waals surface area contributed by atoms with E-state index in [4.69, 9.17) is 0 Å². The number of nitrogens with one attached hydrogen (secondary N) is 1. The second-order valence-corrected chi connectivity index (χ2v) is 10.9. The van der Waals surface area contributed by atoms with Gasteiger partial charge in [0.25, 0.3) is 15.9 Å². The molecule has 0 bridgehead atoms. The van der Waals surface area contributed by atoms with E-state index in [2.05, 4.69) is 40.2 Å². The minimum absolute atomic E-state index is 0.0570. The van der Waals surface area contributed by atoms with Gasteiger partial charge in [-0.1, -0.05) is 48.0 Å². The molecule has 1 heterocycles. The van der Waals surface area contributed by atoms with Gasteiger partial charge >= 0.3 is 0 Å². The van der Waals surface area contributed by atoms with E-state index >= 15 is 0 Å². The van der Waals surface area contributed by atoms with E-state index in [1.54, 1.807) is 18.2 Å². The number of hydrazone groups is 1. The highest BCUT2D eigenvalue weighted by atomic mass is 32.2. The van der Waals surface area contributed by atoms with Crippen molar-refractivity contribution >= 4 is 27.8 Å². The number of carbonyl (C=O) groups is 1. The number of rotatable bonds is 8. The highest BCUT2D eigenvalue weighted by Crippen LogP contribution is 2.26. The third-order valence-electron chi connectivity index (χ3n) is 6.20. The van der Waals surface area contributed by atoms with Crippen LogP contribution in [0.2, 0.25) is 0 Å². The molecule has 0 spiro atoms. The number of para-hydroxylation sites is 1. The van der Waals surface area contributed by atoms with E-state index < -0.39 is 28.3 Å². The Hall–Kier alpha value is -4.24. The molecule has 3 aromatic carbocycles. The Morgan fingerprint density at radius 3 is 2.34 bits per heavy atom. The largest absolute Gasteiger partial charge is 0.318 e. The molecule has 0 atom stereocenters. The van der Waals surface area contributed by atoms with Gasteiger partial charge in [0.1, 0.15) is 12.4 Å². The predicted octanol–water partition coefficient (Wildman–Crippen LogP) is 5.20. The van der Waals surface area contributed by atoms with E-state index in [-0.39, 0.29) is 10.6 Å². The Bertz CT molecular complexity index is 1610. The summed E-state index contributed by atoms with van der Waals surface area (Å²) in [6.45, 7) is 7.40. The van der Waals surface area contributed by atoms with Crippen LogP contribution in [0.25, 0.3) is 5.69 Å². The third kappa shape index (κ3) is 5.52. The Kier molecular flexibility index (Phi) is 7.78. The van der Waals surface area contributed by atoms with Crippen LogP contribution in [-0.2, 0) is 14.8 Å². The standard InChI is InChI=1S/C29H29FN4O3S/c1-20-14-15-27(21(2)16-20)34-22(3)17-24(23(34)4)18-31-32-29(35)19-33(28-13-9-8-12-26(28)30)38(36,37)25-10-6-5-7-11-25/h5-18H,19H2,1-4H3,(H,32,35)/b31-18-. The van der Waals surface area contributed by atoms with Crippen molar-refractivity contribution in [3.8, 4) is 5.69 Å². The highest BCUT2D eigenvalue weighted by molar-refractivity contribution is 7.92. The van der Waals surface area contributed by atoms with Gasteiger partial charge in [-0.25, -0.2) is 18.2 Å². The Labute approximate surface area is 222 Å². The maximum atomic E-state index is 14.6. The van der Waals surface area contributed by atoms with E-state index in [0.29, 0.717) is 0 Å². The van der Waals surface area contributed by atoms with Crippen LogP contribution in [0, 0.1) is 33.5 Å². The van der Waals surface area contributed by atoms with Gasteiger partial charge in [-0.3, -0.25) is 9.10 Å². The van der Waals surface area contributed by atoms with Crippen molar-refractivity contribution < 1.29 is 17.6 Å². The maximum Gasteiger partial charge on any atom is 0.264 e. The molecule has 4 rings (SSSR count). The maximum absolute atomic E-state index is 14.6. The lowest BCUT2D eigenvalue weighted by molar-refractivity contribution is -0.119. The molecule has 9 heteroatoms.